The number of hydrogen-bond acceptors (Lipinski definition) is 3. The van der Waals surface area contributed by atoms with Gasteiger partial charge in [-0.1, -0.05) is 17.7 Å². The van der Waals surface area contributed by atoms with Crippen LogP contribution in [-0.2, 0) is 0 Å². The third kappa shape index (κ3) is 1.76. The molecule has 6 heteroatoms. The quantitative estimate of drug-likeness (QED) is 0.671. The minimum atomic E-state index is -0.0106. The second-order valence-electron chi connectivity index (χ2n) is 6.12. The molecule has 120 valence electrons. The van der Waals surface area contributed by atoms with Gasteiger partial charge in [0.1, 0.15) is 12.0 Å². The average molecular weight is 340 g/mol. The molecule has 2 aliphatic rings. The lowest BCUT2D eigenvalue weighted by Gasteiger charge is -2.23. The van der Waals surface area contributed by atoms with Crippen LogP contribution in [0.15, 0.2) is 47.3 Å². The van der Waals surface area contributed by atoms with Crippen molar-refractivity contribution in [1.29, 1.82) is 0 Å². The SMILES string of the molecule is O=C1c2c(Cl)cccc2-n2cnc(-c3ccco3)c2[C@@H]2CCCN12. The number of fused-ring (bicyclic) bond motifs is 5. The van der Waals surface area contributed by atoms with Crippen LogP contribution in [0.25, 0.3) is 17.1 Å². The normalized spacial score (nSPS) is 19.0. The minimum absolute atomic E-state index is 0.00723. The molecule has 1 aromatic carbocycles. The highest BCUT2D eigenvalue weighted by Gasteiger charge is 2.40. The van der Waals surface area contributed by atoms with E-state index in [1.807, 2.05) is 33.7 Å². The molecule has 2 aliphatic heterocycles. The van der Waals surface area contributed by atoms with Crippen molar-refractivity contribution >= 4 is 17.5 Å². The molecule has 0 radical (unpaired) electrons. The number of aromatic nitrogens is 2. The summed E-state index contributed by atoms with van der Waals surface area (Å²) in [6, 6.07) is 9.27. The molecule has 5 rings (SSSR count). The van der Waals surface area contributed by atoms with E-state index in [0.29, 0.717) is 16.3 Å². The molecular weight excluding hydrogens is 326 g/mol. The van der Waals surface area contributed by atoms with E-state index in [-0.39, 0.29) is 11.9 Å². The van der Waals surface area contributed by atoms with Gasteiger partial charge in [0.05, 0.1) is 34.3 Å². The highest BCUT2D eigenvalue weighted by molar-refractivity contribution is 6.34. The zero-order chi connectivity index (χ0) is 16.3. The van der Waals surface area contributed by atoms with Crippen LogP contribution in [0, 0.1) is 0 Å². The second-order valence-corrected chi connectivity index (χ2v) is 6.52. The van der Waals surface area contributed by atoms with Crippen LogP contribution in [0.3, 0.4) is 0 Å². The van der Waals surface area contributed by atoms with E-state index in [9.17, 15) is 4.79 Å². The molecular formula is C18H14ClN3O2. The third-order valence-electron chi connectivity index (χ3n) is 4.85. The zero-order valence-electron chi connectivity index (χ0n) is 12.8. The summed E-state index contributed by atoms with van der Waals surface area (Å²) in [5, 5.41) is 0.476. The maximum absolute atomic E-state index is 13.1. The molecule has 1 fully saturated rings. The molecule has 0 N–H and O–H groups in total. The Morgan fingerprint density at radius 3 is 3.00 bits per heavy atom. The molecule has 4 heterocycles. The summed E-state index contributed by atoms with van der Waals surface area (Å²) >= 11 is 6.37. The predicted octanol–water partition coefficient (Wildman–Crippen LogP) is 4.08. The van der Waals surface area contributed by atoms with Crippen molar-refractivity contribution in [3.63, 3.8) is 0 Å². The molecule has 0 aliphatic carbocycles. The molecule has 1 atom stereocenters. The lowest BCUT2D eigenvalue weighted by Crippen LogP contribution is -2.29. The number of carbonyl (C=O) groups is 1. The van der Waals surface area contributed by atoms with Crippen molar-refractivity contribution in [1.82, 2.24) is 14.5 Å². The van der Waals surface area contributed by atoms with Gasteiger partial charge in [0.15, 0.2) is 5.76 Å². The molecule has 0 spiro atoms. The van der Waals surface area contributed by atoms with Gasteiger partial charge >= 0.3 is 0 Å². The topological polar surface area (TPSA) is 51.3 Å². The summed E-state index contributed by atoms with van der Waals surface area (Å²) in [5.74, 6) is 0.709. The van der Waals surface area contributed by atoms with Crippen LogP contribution >= 0.6 is 11.6 Å². The smallest absolute Gasteiger partial charge is 0.258 e. The Balaban J connectivity index is 1.84. The number of imidazole rings is 1. The second kappa shape index (κ2) is 4.98. The van der Waals surface area contributed by atoms with Gasteiger partial charge in [-0.3, -0.25) is 9.36 Å². The van der Waals surface area contributed by atoms with Crippen molar-refractivity contribution < 1.29 is 9.21 Å². The van der Waals surface area contributed by atoms with Gasteiger partial charge in [-0.25, -0.2) is 4.98 Å². The standard InChI is InChI=1S/C18H14ClN3O2/c19-11-4-1-5-12-15(11)18(23)21-8-2-6-13(21)17-16(20-10-22(12)17)14-7-3-9-24-14/h1,3-5,7,9-10,13H,2,6,8H2/t13-/m0/s1. The van der Waals surface area contributed by atoms with E-state index in [2.05, 4.69) is 4.98 Å². The average Bonchev–Trinajstić information content (AvgIpc) is 3.31. The number of halogens is 1. The van der Waals surface area contributed by atoms with Crippen LogP contribution < -0.4 is 0 Å². The van der Waals surface area contributed by atoms with Crippen molar-refractivity contribution in [3.8, 4) is 17.1 Å². The summed E-state index contributed by atoms with van der Waals surface area (Å²) in [4.78, 5) is 19.6. The molecule has 2 aromatic heterocycles. The lowest BCUT2D eigenvalue weighted by molar-refractivity contribution is 0.0739. The van der Waals surface area contributed by atoms with Crippen molar-refractivity contribution in [2.24, 2.45) is 0 Å². The lowest BCUT2D eigenvalue weighted by atomic mass is 10.1. The Labute approximate surface area is 143 Å². The summed E-state index contributed by atoms with van der Waals surface area (Å²) < 4.78 is 7.56. The number of amides is 1. The van der Waals surface area contributed by atoms with Crippen LogP contribution in [0.1, 0.15) is 34.9 Å². The Morgan fingerprint density at radius 1 is 1.25 bits per heavy atom. The van der Waals surface area contributed by atoms with Gasteiger partial charge < -0.3 is 9.32 Å². The van der Waals surface area contributed by atoms with E-state index in [1.54, 1.807) is 18.7 Å². The molecule has 3 aromatic rings. The first kappa shape index (κ1) is 13.9. The number of rotatable bonds is 1. The molecule has 1 amide bonds. The molecule has 5 nitrogen and oxygen atoms in total. The van der Waals surface area contributed by atoms with E-state index in [1.165, 1.54) is 0 Å². The third-order valence-corrected chi connectivity index (χ3v) is 5.17. The molecule has 0 saturated carbocycles. The highest BCUT2D eigenvalue weighted by atomic mass is 35.5. The largest absolute Gasteiger partial charge is 0.463 e. The van der Waals surface area contributed by atoms with E-state index in [4.69, 9.17) is 16.0 Å². The minimum Gasteiger partial charge on any atom is -0.463 e. The number of carbonyl (C=O) groups excluding carboxylic acids is 1. The maximum atomic E-state index is 13.1. The first-order chi connectivity index (χ1) is 11.8. The highest BCUT2D eigenvalue weighted by Crippen LogP contribution is 2.43. The van der Waals surface area contributed by atoms with Gasteiger partial charge in [-0.15, -0.1) is 0 Å². The van der Waals surface area contributed by atoms with Crippen LogP contribution in [-0.4, -0.2) is 26.9 Å². The Kier molecular flexibility index (Phi) is 2.88. The van der Waals surface area contributed by atoms with Crippen LogP contribution in [0.5, 0.6) is 0 Å². The summed E-state index contributed by atoms with van der Waals surface area (Å²) in [6.45, 7) is 0.733. The van der Waals surface area contributed by atoms with Crippen molar-refractivity contribution in [2.75, 3.05) is 6.54 Å². The number of nitrogens with zero attached hydrogens (tertiary/aromatic N) is 3. The van der Waals surface area contributed by atoms with Gasteiger partial charge in [0.2, 0.25) is 0 Å². The van der Waals surface area contributed by atoms with Gasteiger partial charge in [-0.2, -0.15) is 0 Å². The Bertz CT molecular complexity index is 945. The van der Waals surface area contributed by atoms with Gasteiger partial charge in [-0.05, 0) is 37.1 Å². The number of benzene rings is 1. The number of hydrogen-bond donors (Lipinski definition) is 0. The monoisotopic (exact) mass is 339 g/mol. The first-order valence-electron chi connectivity index (χ1n) is 7.96. The maximum Gasteiger partial charge on any atom is 0.258 e. The van der Waals surface area contributed by atoms with Crippen molar-refractivity contribution in [3.05, 3.63) is 59.2 Å². The van der Waals surface area contributed by atoms with E-state index in [0.717, 1.165) is 36.5 Å². The zero-order valence-corrected chi connectivity index (χ0v) is 13.5. The summed E-state index contributed by atoms with van der Waals surface area (Å²) in [5.41, 5.74) is 3.12. The van der Waals surface area contributed by atoms with E-state index >= 15 is 0 Å². The summed E-state index contributed by atoms with van der Waals surface area (Å²) in [7, 11) is 0. The molecule has 0 unspecified atom stereocenters. The molecule has 0 bridgehead atoms. The fourth-order valence-electron chi connectivity index (χ4n) is 3.83. The van der Waals surface area contributed by atoms with Crippen LogP contribution in [0.2, 0.25) is 5.02 Å². The Hall–Kier alpha value is -2.53. The van der Waals surface area contributed by atoms with Gasteiger partial charge in [0, 0.05) is 6.54 Å². The fourth-order valence-corrected chi connectivity index (χ4v) is 4.08. The molecule has 24 heavy (non-hydrogen) atoms. The predicted molar refractivity (Wildman–Crippen MR) is 89.3 cm³/mol. The molecule has 1 saturated heterocycles. The summed E-state index contributed by atoms with van der Waals surface area (Å²) in [6.07, 6.45) is 5.29. The number of furan rings is 1. The van der Waals surface area contributed by atoms with Gasteiger partial charge in [0.25, 0.3) is 5.91 Å². The first-order valence-corrected chi connectivity index (χ1v) is 8.34. The van der Waals surface area contributed by atoms with E-state index < -0.39 is 0 Å². The van der Waals surface area contributed by atoms with Crippen molar-refractivity contribution in [2.45, 2.75) is 18.9 Å². The fraction of sp³-hybridized carbons (Fsp3) is 0.222. The Morgan fingerprint density at radius 2 is 2.17 bits per heavy atom. The van der Waals surface area contributed by atoms with Crippen LogP contribution in [0.4, 0.5) is 0 Å².